The van der Waals surface area contributed by atoms with Crippen molar-refractivity contribution in [3.8, 4) is 0 Å². The molecule has 0 aliphatic heterocycles. The Labute approximate surface area is 142 Å². The second-order valence-corrected chi connectivity index (χ2v) is 7.90. The molecule has 0 saturated carbocycles. The molecule has 1 unspecified atom stereocenters. The number of alkyl halides is 1. The van der Waals surface area contributed by atoms with E-state index in [1.807, 2.05) is 6.08 Å². The lowest BCUT2D eigenvalue weighted by Gasteiger charge is -2.47. The van der Waals surface area contributed by atoms with Gasteiger partial charge < -0.3 is 4.74 Å². The van der Waals surface area contributed by atoms with Gasteiger partial charge in [0, 0.05) is 17.7 Å². The van der Waals surface area contributed by atoms with Crippen LogP contribution in [0.5, 0.6) is 0 Å². The Morgan fingerprint density at radius 3 is 2.50 bits per heavy atom. The van der Waals surface area contributed by atoms with E-state index in [0.717, 1.165) is 11.8 Å². The molecule has 0 amide bonds. The molecule has 2 rings (SSSR count). The summed E-state index contributed by atoms with van der Waals surface area (Å²) in [5.74, 6) is -0.208. The zero-order chi connectivity index (χ0) is 16.7. The highest BCUT2D eigenvalue weighted by molar-refractivity contribution is 9.08. The summed E-state index contributed by atoms with van der Waals surface area (Å²) in [7, 11) is 0. The summed E-state index contributed by atoms with van der Waals surface area (Å²) in [4.78, 5) is 11.5. The molecular formula is C19H25BrO2. The van der Waals surface area contributed by atoms with E-state index in [9.17, 15) is 4.79 Å². The number of ether oxygens (including phenoxy) is 1. The summed E-state index contributed by atoms with van der Waals surface area (Å²) < 4.78 is 5.66. The summed E-state index contributed by atoms with van der Waals surface area (Å²) in [6.07, 6.45) is 2.64. The minimum absolute atomic E-state index is 0.0342. The number of fused-ring (bicyclic) bond motifs is 1. The van der Waals surface area contributed by atoms with Gasteiger partial charge in [0.1, 0.15) is 6.10 Å². The maximum Gasteiger partial charge on any atom is 0.302 e. The lowest BCUT2D eigenvalue weighted by molar-refractivity contribution is -0.151. The standard InChI is InChI=1S/C19H25BrO2/c1-7-13-8-15-16(9-14(13)11-20)19(5,6)17(22-12(2)21)10-18(15,3)4/h7-9,17H,1,10-11H2,2-6H3. The maximum absolute atomic E-state index is 11.5. The Morgan fingerprint density at radius 1 is 1.36 bits per heavy atom. The number of halogens is 1. The van der Waals surface area contributed by atoms with Gasteiger partial charge in [0.15, 0.2) is 0 Å². The molecule has 1 aromatic rings. The average molecular weight is 365 g/mol. The maximum atomic E-state index is 11.5. The van der Waals surface area contributed by atoms with Gasteiger partial charge in [-0.25, -0.2) is 0 Å². The third-order valence-electron chi connectivity index (χ3n) is 4.88. The van der Waals surface area contributed by atoms with Crippen LogP contribution in [-0.4, -0.2) is 12.1 Å². The van der Waals surface area contributed by atoms with Crippen LogP contribution in [0, 0.1) is 0 Å². The highest BCUT2D eigenvalue weighted by Crippen LogP contribution is 2.48. The lowest BCUT2D eigenvalue weighted by Crippen LogP contribution is -2.47. The average Bonchev–Trinajstić information content (AvgIpc) is 2.43. The van der Waals surface area contributed by atoms with E-state index >= 15 is 0 Å². The zero-order valence-electron chi connectivity index (χ0n) is 14.1. The van der Waals surface area contributed by atoms with Crippen molar-refractivity contribution in [3.05, 3.63) is 41.0 Å². The van der Waals surface area contributed by atoms with Gasteiger partial charge in [0.25, 0.3) is 0 Å². The number of benzene rings is 1. The Kier molecular flexibility index (Phi) is 4.59. The van der Waals surface area contributed by atoms with Gasteiger partial charge in [-0.15, -0.1) is 0 Å². The molecule has 3 heteroatoms. The van der Waals surface area contributed by atoms with Crippen LogP contribution in [-0.2, 0) is 25.7 Å². The van der Waals surface area contributed by atoms with Crippen LogP contribution in [0.1, 0.15) is 63.3 Å². The molecule has 0 spiro atoms. The predicted octanol–water partition coefficient (Wildman–Crippen LogP) is 5.12. The van der Waals surface area contributed by atoms with E-state index in [1.165, 1.54) is 29.2 Å². The van der Waals surface area contributed by atoms with Crippen molar-refractivity contribution in [2.24, 2.45) is 0 Å². The van der Waals surface area contributed by atoms with E-state index in [-0.39, 0.29) is 22.9 Å². The zero-order valence-corrected chi connectivity index (χ0v) is 15.7. The highest BCUT2D eigenvalue weighted by atomic mass is 79.9. The van der Waals surface area contributed by atoms with Gasteiger partial charge in [-0.2, -0.15) is 0 Å². The van der Waals surface area contributed by atoms with Crippen molar-refractivity contribution in [3.63, 3.8) is 0 Å². The van der Waals surface area contributed by atoms with Gasteiger partial charge >= 0.3 is 5.97 Å². The van der Waals surface area contributed by atoms with Gasteiger partial charge in [-0.05, 0) is 34.1 Å². The molecule has 2 nitrogen and oxygen atoms in total. The highest BCUT2D eigenvalue weighted by Gasteiger charge is 2.46. The van der Waals surface area contributed by atoms with Crippen molar-refractivity contribution in [1.29, 1.82) is 0 Å². The smallest absolute Gasteiger partial charge is 0.302 e. The SMILES string of the molecule is C=Cc1cc2c(cc1CBr)C(C)(C)C(OC(C)=O)CC2(C)C. The number of carbonyl (C=O) groups is 1. The Balaban J connectivity index is 2.66. The minimum Gasteiger partial charge on any atom is -0.462 e. The van der Waals surface area contributed by atoms with Crippen molar-refractivity contribution < 1.29 is 9.53 Å². The number of esters is 1. The van der Waals surface area contributed by atoms with Crippen molar-refractivity contribution in [2.75, 3.05) is 0 Å². The molecule has 0 N–H and O–H groups in total. The lowest BCUT2D eigenvalue weighted by atomic mass is 9.61. The molecule has 1 aliphatic carbocycles. The quantitative estimate of drug-likeness (QED) is 0.549. The first-order valence-corrected chi connectivity index (χ1v) is 8.79. The largest absolute Gasteiger partial charge is 0.462 e. The first kappa shape index (κ1) is 17.3. The van der Waals surface area contributed by atoms with E-state index in [4.69, 9.17) is 4.74 Å². The Morgan fingerprint density at radius 2 is 2.00 bits per heavy atom. The number of rotatable bonds is 3. The summed E-state index contributed by atoms with van der Waals surface area (Å²) in [6, 6.07) is 4.50. The van der Waals surface area contributed by atoms with Crippen LogP contribution in [0.25, 0.3) is 6.08 Å². The third kappa shape index (κ3) is 2.88. The number of hydrogen-bond acceptors (Lipinski definition) is 2. The number of hydrogen-bond donors (Lipinski definition) is 0. The van der Waals surface area contributed by atoms with Crippen molar-refractivity contribution in [2.45, 2.75) is 63.3 Å². The van der Waals surface area contributed by atoms with Crippen LogP contribution in [0.15, 0.2) is 18.7 Å². The molecule has 1 aliphatic rings. The first-order valence-electron chi connectivity index (χ1n) is 7.67. The first-order chi connectivity index (χ1) is 10.1. The number of carbonyl (C=O) groups excluding carboxylic acids is 1. The van der Waals surface area contributed by atoms with Gasteiger partial charge in [0.05, 0.1) is 0 Å². The van der Waals surface area contributed by atoms with Crippen LogP contribution in [0.3, 0.4) is 0 Å². The minimum atomic E-state index is -0.208. The predicted molar refractivity (Wildman–Crippen MR) is 95.4 cm³/mol. The fraction of sp³-hybridized carbons (Fsp3) is 0.526. The van der Waals surface area contributed by atoms with Crippen LogP contribution < -0.4 is 0 Å². The fourth-order valence-electron chi connectivity index (χ4n) is 3.45. The summed E-state index contributed by atoms with van der Waals surface area (Å²) >= 11 is 3.57. The second-order valence-electron chi connectivity index (χ2n) is 7.34. The van der Waals surface area contributed by atoms with Crippen molar-refractivity contribution >= 4 is 28.0 Å². The fourth-order valence-corrected chi connectivity index (χ4v) is 3.94. The van der Waals surface area contributed by atoms with Gasteiger partial charge in [0.2, 0.25) is 0 Å². The molecule has 22 heavy (non-hydrogen) atoms. The van der Waals surface area contributed by atoms with E-state index in [0.29, 0.717) is 0 Å². The van der Waals surface area contributed by atoms with Gasteiger partial charge in [-0.3, -0.25) is 4.79 Å². The third-order valence-corrected chi connectivity index (χ3v) is 5.48. The molecular weight excluding hydrogens is 340 g/mol. The molecule has 0 fully saturated rings. The molecule has 1 atom stereocenters. The van der Waals surface area contributed by atoms with Crippen LogP contribution in [0.4, 0.5) is 0 Å². The molecule has 1 aromatic carbocycles. The van der Waals surface area contributed by atoms with Crippen LogP contribution >= 0.6 is 15.9 Å². The topological polar surface area (TPSA) is 26.3 Å². The normalized spacial score (nSPS) is 21.8. The summed E-state index contributed by atoms with van der Waals surface area (Å²) in [5, 5.41) is 0.788. The van der Waals surface area contributed by atoms with E-state index in [2.05, 4.69) is 62.3 Å². The van der Waals surface area contributed by atoms with Crippen molar-refractivity contribution in [1.82, 2.24) is 0 Å². The van der Waals surface area contributed by atoms with Crippen LogP contribution in [0.2, 0.25) is 0 Å². The molecule has 120 valence electrons. The second kappa shape index (κ2) is 5.84. The Bertz CT molecular complexity index is 614. The van der Waals surface area contributed by atoms with E-state index in [1.54, 1.807) is 0 Å². The molecule has 0 radical (unpaired) electrons. The van der Waals surface area contributed by atoms with Gasteiger partial charge in [-0.1, -0.05) is 68.4 Å². The molecule has 0 bridgehead atoms. The molecule has 0 aromatic heterocycles. The Hall–Kier alpha value is -1.09. The van der Waals surface area contributed by atoms with E-state index < -0.39 is 0 Å². The summed E-state index contributed by atoms with van der Waals surface area (Å²) in [5.41, 5.74) is 4.77. The molecule has 0 saturated heterocycles. The monoisotopic (exact) mass is 364 g/mol. The summed E-state index contributed by atoms with van der Waals surface area (Å²) in [6.45, 7) is 14.2. The molecule has 0 heterocycles.